The number of halogens is 1. The molecule has 0 radical (unpaired) electrons. The number of alkyl halides is 1. The summed E-state index contributed by atoms with van der Waals surface area (Å²) >= 11 is 3.77. The Balaban J connectivity index is 1.37. The van der Waals surface area contributed by atoms with Gasteiger partial charge in [-0.1, -0.05) is 88.7 Å². The van der Waals surface area contributed by atoms with Crippen molar-refractivity contribution in [3.05, 3.63) is 97.1 Å². The number of esters is 1. The Morgan fingerprint density at radius 1 is 1.07 bits per heavy atom. The molecule has 0 aromatic heterocycles. The number of aliphatic hydroxyl groups is 1. The van der Waals surface area contributed by atoms with Crippen LogP contribution in [0.15, 0.2) is 86.0 Å². The van der Waals surface area contributed by atoms with Crippen LogP contribution in [0.25, 0.3) is 0 Å². The number of nitrogens with one attached hydrogen (secondary N) is 1. The molecule has 302 valence electrons. The normalized spacial score (nSPS) is 27.2. The van der Waals surface area contributed by atoms with Crippen molar-refractivity contribution >= 4 is 39.6 Å². The van der Waals surface area contributed by atoms with Gasteiger partial charge < -0.3 is 39.2 Å². The van der Waals surface area contributed by atoms with E-state index < -0.39 is 71.1 Å². The minimum absolute atomic E-state index is 0.0355. The van der Waals surface area contributed by atoms with E-state index in [1.807, 2.05) is 48.5 Å². The largest absolute Gasteiger partial charge is 0.455 e. The summed E-state index contributed by atoms with van der Waals surface area (Å²) in [4.78, 5) is 63.0. The molecule has 1 unspecified atom stereocenters. The number of allylic oxidation sites excluding steroid dienone is 1. The number of likely N-dealkylation sites (tertiary alicyclic amines) is 1. The van der Waals surface area contributed by atoms with Gasteiger partial charge in [-0.3, -0.25) is 24.1 Å². The first-order valence-electron chi connectivity index (χ1n) is 19.3. The molecule has 1 spiro atoms. The lowest BCUT2D eigenvalue weighted by atomic mass is 9.70. The third-order valence-corrected chi connectivity index (χ3v) is 12.2. The summed E-state index contributed by atoms with van der Waals surface area (Å²) in [7, 11) is 1.50. The molecule has 6 rings (SSSR count). The van der Waals surface area contributed by atoms with Gasteiger partial charge in [-0.05, 0) is 24.0 Å². The summed E-state index contributed by atoms with van der Waals surface area (Å²) in [6.45, 7) is 11.1. The number of fused-ring (bicyclic) bond motifs is 1. The molecule has 2 bridgehead atoms. The van der Waals surface area contributed by atoms with Crippen molar-refractivity contribution in [1.82, 2.24) is 20.0 Å². The average molecular weight is 838 g/mol. The summed E-state index contributed by atoms with van der Waals surface area (Å²) in [5.41, 5.74) is -0.146. The summed E-state index contributed by atoms with van der Waals surface area (Å²) in [5.74, 6) is -3.97. The molecule has 9 atom stereocenters. The van der Waals surface area contributed by atoms with E-state index >= 15 is 9.59 Å². The highest BCUT2D eigenvalue weighted by atomic mass is 79.9. The average Bonchev–Trinajstić information content (AvgIpc) is 3.82. The Labute approximate surface area is 337 Å². The van der Waals surface area contributed by atoms with Gasteiger partial charge in [-0.15, -0.1) is 13.2 Å². The van der Waals surface area contributed by atoms with Crippen LogP contribution >= 0.6 is 15.9 Å². The van der Waals surface area contributed by atoms with Crippen molar-refractivity contribution in [3.63, 3.8) is 0 Å². The smallest absolute Gasteiger partial charge is 0.313 e. The third-order valence-electron chi connectivity index (χ3n) is 11.4. The van der Waals surface area contributed by atoms with Crippen LogP contribution < -0.4 is 5.32 Å². The Hall–Kier alpha value is -3.92. The van der Waals surface area contributed by atoms with Crippen molar-refractivity contribution in [1.29, 1.82) is 0 Å². The zero-order valence-electron chi connectivity index (χ0n) is 31.9. The molecule has 0 aliphatic carbocycles. The van der Waals surface area contributed by atoms with E-state index in [4.69, 9.17) is 18.9 Å². The Bertz CT molecular complexity index is 1700. The zero-order valence-corrected chi connectivity index (χ0v) is 33.5. The molecule has 4 fully saturated rings. The van der Waals surface area contributed by atoms with Gasteiger partial charge in [0.05, 0.1) is 56.5 Å². The maximum Gasteiger partial charge on any atom is 0.313 e. The van der Waals surface area contributed by atoms with Gasteiger partial charge in [0.2, 0.25) is 17.7 Å². The highest BCUT2D eigenvalue weighted by Gasteiger charge is 2.77. The van der Waals surface area contributed by atoms with E-state index in [-0.39, 0.29) is 37.8 Å². The first-order valence-corrected chi connectivity index (χ1v) is 20.2. The van der Waals surface area contributed by atoms with Crippen LogP contribution in [-0.2, 0) is 38.1 Å². The van der Waals surface area contributed by atoms with Gasteiger partial charge in [-0.2, -0.15) is 0 Å². The molecule has 13 nitrogen and oxygen atoms in total. The molecule has 4 aliphatic rings. The zero-order chi connectivity index (χ0) is 39.8. The lowest BCUT2D eigenvalue weighted by Gasteiger charge is -2.40. The maximum absolute atomic E-state index is 15.1. The summed E-state index contributed by atoms with van der Waals surface area (Å²) in [6.07, 6.45) is 2.47. The van der Waals surface area contributed by atoms with Gasteiger partial charge in [0, 0.05) is 51.1 Å². The number of carbonyl (C=O) groups is 4. The van der Waals surface area contributed by atoms with E-state index in [0.29, 0.717) is 43.9 Å². The van der Waals surface area contributed by atoms with Crippen LogP contribution in [0, 0.1) is 11.8 Å². The van der Waals surface area contributed by atoms with Crippen LogP contribution in [0.4, 0.5) is 0 Å². The number of nitrogens with zero attached hydrogens (tertiary/aromatic N) is 3. The summed E-state index contributed by atoms with van der Waals surface area (Å²) in [6, 6.07) is 15.3. The monoisotopic (exact) mass is 836 g/mol. The molecule has 3 amide bonds. The molecular formula is C42H53BrN4O9. The molecule has 0 saturated carbocycles. The van der Waals surface area contributed by atoms with Crippen molar-refractivity contribution in [3.8, 4) is 0 Å². The fourth-order valence-electron chi connectivity index (χ4n) is 8.81. The van der Waals surface area contributed by atoms with Crippen LogP contribution in [0.2, 0.25) is 0 Å². The van der Waals surface area contributed by atoms with E-state index in [2.05, 4.69) is 39.3 Å². The second kappa shape index (κ2) is 19.0. The molecule has 4 heterocycles. The van der Waals surface area contributed by atoms with Gasteiger partial charge in [-0.25, -0.2) is 0 Å². The highest BCUT2D eigenvalue weighted by Crippen LogP contribution is 2.61. The fourth-order valence-corrected chi connectivity index (χ4v) is 9.76. The van der Waals surface area contributed by atoms with E-state index in [9.17, 15) is 14.7 Å². The van der Waals surface area contributed by atoms with E-state index in [1.165, 1.54) is 12.0 Å². The lowest BCUT2D eigenvalue weighted by Crippen LogP contribution is -2.58. The Kier molecular flexibility index (Phi) is 14.2. The number of amides is 3. The van der Waals surface area contributed by atoms with Crippen molar-refractivity contribution in [2.75, 3.05) is 66.3 Å². The van der Waals surface area contributed by atoms with Crippen LogP contribution in [0.3, 0.4) is 0 Å². The van der Waals surface area contributed by atoms with Gasteiger partial charge in [0.15, 0.2) is 0 Å². The molecule has 2 aromatic carbocycles. The molecule has 56 heavy (non-hydrogen) atoms. The van der Waals surface area contributed by atoms with Crippen LogP contribution in [0.5, 0.6) is 0 Å². The van der Waals surface area contributed by atoms with Crippen LogP contribution in [-0.4, -0.2) is 138 Å². The van der Waals surface area contributed by atoms with Gasteiger partial charge >= 0.3 is 5.97 Å². The number of ether oxygens (including phenoxy) is 4. The van der Waals surface area contributed by atoms with Crippen molar-refractivity contribution in [2.45, 2.75) is 60.0 Å². The fraction of sp³-hybridized carbons (Fsp3) is 0.524. The van der Waals surface area contributed by atoms with Crippen LogP contribution in [0.1, 0.15) is 42.5 Å². The molecule has 2 aromatic rings. The molecular weight excluding hydrogens is 784 g/mol. The predicted octanol–water partition coefficient (Wildman–Crippen LogP) is 3.20. The second-order valence-corrected chi connectivity index (χ2v) is 15.9. The van der Waals surface area contributed by atoms with E-state index in [1.54, 1.807) is 29.2 Å². The SMILES string of the molecule is C=CCCC(=O)N[C@H](COC)[C@H](OC(=O)[C@@H]1[C@H]2O[C@@]3(CC2Br)[C@H](C(=O)N(CC=C)CCN2CCOCC2)N([C@H](CO)c2ccccc2)C(=O)[C@@H]13)c1ccccc1. The standard InChI is InChI=1S/C42H53BrN4O9/c1-4-6-17-33(49)44-31(27-53-3)36(29-15-11-8-12-16-29)55-41(52)34-35-39(50)47(32(26-48)28-13-9-7-10-14-28)38(42(35)25-30(43)37(34)56-42)40(51)46(18-5-2)20-19-45-21-23-54-24-22-45/h4-5,7-16,30-32,34-38,48H,1-2,6,17-27H2,3H3,(H,44,49)/t30?,31-,32-,34+,35-,36-,37+,38+,42-/m1/s1. The number of morpholine rings is 1. The van der Waals surface area contributed by atoms with Crippen molar-refractivity contribution in [2.24, 2.45) is 11.8 Å². The number of hydrogen-bond acceptors (Lipinski definition) is 10. The quantitative estimate of drug-likeness (QED) is 0.123. The first-order chi connectivity index (χ1) is 27.2. The lowest BCUT2D eigenvalue weighted by molar-refractivity contribution is -0.163. The topological polar surface area (TPSA) is 147 Å². The number of carbonyl (C=O) groups excluding carboxylic acids is 4. The number of rotatable bonds is 19. The number of benzene rings is 2. The molecule has 2 N–H and O–H groups in total. The van der Waals surface area contributed by atoms with Crippen molar-refractivity contribution < 1.29 is 43.2 Å². The molecule has 14 heteroatoms. The Morgan fingerprint density at radius 3 is 2.38 bits per heavy atom. The number of methoxy groups -OCH3 is 1. The second-order valence-electron chi connectivity index (χ2n) is 14.8. The first kappa shape index (κ1) is 41.7. The van der Waals surface area contributed by atoms with Gasteiger partial charge in [0.1, 0.15) is 17.7 Å². The summed E-state index contributed by atoms with van der Waals surface area (Å²) < 4.78 is 24.2. The Morgan fingerprint density at radius 2 is 1.75 bits per heavy atom. The molecule has 4 saturated heterocycles. The predicted molar refractivity (Wildman–Crippen MR) is 211 cm³/mol. The minimum atomic E-state index is -1.41. The number of aliphatic hydroxyl groups excluding tert-OH is 1. The highest BCUT2D eigenvalue weighted by molar-refractivity contribution is 9.09. The number of hydrogen-bond donors (Lipinski definition) is 2. The maximum atomic E-state index is 15.1. The van der Waals surface area contributed by atoms with E-state index in [0.717, 1.165) is 13.1 Å². The summed E-state index contributed by atoms with van der Waals surface area (Å²) in [5, 5.41) is 13.9. The molecule has 4 aliphatic heterocycles. The van der Waals surface area contributed by atoms with Gasteiger partial charge in [0.25, 0.3) is 0 Å². The third kappa shape index (κ3) is 8.51. The minimum Gasteiger partial charge on any atom is -0.455 e.